The number of benzene rings is 2. The molecule has 138 valence electrons. The minimum Gasteiger partial charge on any atom is -0.475 e. The van der Waals surface area contributed by atoms with E-state index in [4.69, 9.17) is 9.15 Å². The van der Waals surface area contributed by atoms with E-state index in [9.17, 15) is 4.79 Å². The molecule has 2 aromatic carbocycles. The molecule has 0 bridgehead atoms. The number of para-hydroxylation sites is 1. The normalized spacial score (nSPS) is 13.9. The number of amides is 1. The van der Waals surface area contributed by atoms with Gasteiger partial charge in [-0.05, 0) is 17.7 Å². The number of rotatable bonds is 3. The van der Waals surface area contributed by atoms with Crippen LogP contribution in [-0.4, -0.2) is 33.9 Å². The van der Waals surface area contributed by atoms with Crippen molar-refractivity contribution in [3.8, 4) is 17.5 Å². The van der Waals surface area contributed by atoms with Crippen molar-refractivity contribution in [3.63, 3.8) is 0 Å². The van der Waals surface area contributed by atoms with Crippen LogP contribution in [0.3, 0.4) is 0 Å². The van der Waals surface area contributed by atoms with Gasteiger partial charge in [-0.1, -0.05) is 48.5 Å². The van der Waals surface area contributed by atoms with Crippen molar-refractivity contribution in [3.05, 3.63) is 78.0 Å². The Morgan fingerprint density at radius 3 is 2.71 bits per heavy atom. The lowest BCUT2D eigenvalue weighted by atomic mass is 10.2. The number of carbonyl (C=O) groups is 1. The second-order valence-electron chi connectivity index (χ2n) is 6.62. The molecule has 1 aliphatic rings. The van der Waals surface area contributed by atoms with Crippen LogP contribution < -0.4 is 4.74 Å². The fraction of sp³-hybridized carbons (Fsp3) is 0.136. The first kappa shape index (κ1) is 16.5. The molecule has 4 aromatic rings. The Morgan fingerprint density at radius 2 is 1.86 bits per heavy atom. The number of aromatic nitrogens is 2. The lowest BCUT2D eigenvalue weighted by molar-refractivity contribution is 0.0742. The van der Waals surface area contributed by atoms with Crippen molar-refractivity contribution in [1.29, 1.82) is 0 Å². The lowest BCUT2D eigenvalue weighted by Crippen LogP contribution is -2.31. The number of hydrogen-bond donors (Lipinski definition) is 0. The molecule has 3 heterocycles. The molecule has 2 aromatic heterocycles. The van der Waals surface area contributed by atoms with Gasteiger partial charge in [0.15, 0.2) is 11.6 Å². The third kappa shape index (κ3) is 2.99. The molecule has 5 rings (SSSR count). The summed E-state index contributed by atoms with van der Waals surface area (Å²) in [4.78, 5) is 23.5. The molecule has 1 amide bonds. The van der Waals surface area contributed by atoms with Crippen molar-refractivity contribution < 1.29 is 13.9 Å². The summed E-state index contributed by atoms with van der Waals surface area (Å²) in [7, 11) is 0. The average Bonchev–Trinajstić information content (AvgIpc) is 3.11. The Hall–Kier alpha value is -3.67. The average molecular weight is 371 g/mol. The first-order valence-electron chi connectivity index (χ1n) is 9.10. The van der Waals surface area contributed by atoms with Gasteiger partial charge in [0.1, 0.15) is 17.8 Å². The van der Waals surface area contributed by atoms with Crippen LogP contribution in [-0.2, 0) is 6.54 Å². The van der Waals surface area contributed by atoms with E-state index in [0.29, 0.717) is 42.7 Å². The summed E-state index contributed by atoms with van der Waals surface area (Å²) in [5.74, 6) is 1.11. The van der Waals surface area contributed by atoms with Gasteiger partial charge < -0.3 is 14.1 Å². The summed E-state index contributed by atoms with van der Waals surface area (Å²) < 4.78 is 11.6. The predicted molar refractivity (Wildman–Crippen MR) is 104 cm³/mol. The number of ether oxygens (including phenoxy) is 1. The molecule has 6 nitrogen and oxygen atoms in total. The molecule has 0 atom stereocenters. The Labute approximate surface area is 161 Å². The molecule has 0 saturated heterocycles. The molecule has 1 aliphatic heterocycles. The quantitative estimate of drug-likeness (QED) is 0.546. The van der Waals surface area contributed by atoms with E-state index < -0.39 is 0 Å². The molecular formula is C22H17N3O3. The monoisotopic (exact) mass is 371 g/mol. The first-order chi connectivity index (χ1) is 13.8. The third-order valence-electron chi connectivity index (χ3n) is 4.73. The molecule has 0 aliphatic carbocycles. The van der Waals surface area contributed by atoms with E-state index in [1.54, 1.807) is 4.90 Å². The summed E-state index contributed by atoms with van der Waals surface area (Å²) in [6.07, 6.45) is 1.52. The number of carbonyl (C=O) groups excluding carboxylic acids is 1. The van der Waals surface area contributed by atoms with E-state index >= 15 is 0 Å². The lowest BCUT2D eigenvalue weighted by Gasteiger charge is -2.19. The van der Waals surface area contributed by atoms with Crippen LogP contribution in [0, 0.1) is 0 Å². The van der Waals surface area contributed by atoms with E-state index in [1.807, 2.05) is 60.7 Å². The predicted octanol–water partition coefficient (Wildman–Crippen LogP) is 3.92. The van der Waals surface area contributed by atoms with Crippen molar-refractivity contribution >= 4 is 16.9 Å². The SMILES string of the molecule is O=C1c2cnc(-c3cc4ccccc4o3)nc2OCCN1Cc1ccccc1. The maximum atomic E-state index is 13.0. The van der Waals surface area contributed by atoms with E-state index in [2.05, 4.69) is 9.97 Å². The van der Waals surface area contributed by atoms with E-state index in [0.717, 1.165) is 16.5 Å². The van der Waals surface area contributed by atoms with Crippen LogP contribution in [0.15, 0.2) is 71.3 Å². The molecular weight excluding hydrogens is 354 g/mol. The standard InChI is InChI=1S/C22H17N3O3/c26-22-17-13-23-20(19-12-16-8-4-5-9-18(16)28-19)24-21(17)27-11-10-25(22)14-15-6-2-1-3-7-15/h1-9,12-13H,10-11,14H2. The van der Waals surface area contributed by atoms with E-state index in [1.165, 1.54) is 6.20 Å². The van der Waals surface area contributed by atoms with Crippen molar-refractivity contribution in [2.24, 2.45) is 0 Å². The van der Waals surface area contributed by atoms with Gasteiger partial charge in [0.2, 0.25) is 5.88 Å². The molecule has 28 heavy (non-hydrogen) atoms. The van der Waals surface area contributed by atoms with Crippen LogP contribution >= 0.6 is 0 Å². The number of nitrogens with zero attached hydrogens (tertiary/aromatic N) is 3. The summed E-state index contributed by atoms with van der Waals surface area (Å²) in [6.45, 7) is 1.39. The number of hydrogen-bond acceptors (Lipinski definition) is 5. The van der Waals surface area contributed by atoms with Gasteiger partial charge in [-0.2, -0.15) is 4.98 Å². The van der Waals surface area contributed by atoms with Crippen molar-refractivity contribution in [2.75, 3.05) is 13.2 Å². The summed E-state index contributed by atoms with van der Waals surface area (Å²) in [5, 5.41) is 0.974. The highest BCUT2D eigenvalue weighted by Crippen LogP contribution is 2.28. The van der Waals surface area contributed by atoms with Crippen LogP contribution in [0.4, 0.5) is 0 Å². The Morgan fingerprint density at radius 1 is 1.04 bits per heavy atom. The van der Waals surface area contributed by atoms with Crippen LogP contribution in [0.2, 0.25) is 0 Å². The molecule has 0 fully saturated rings. The largest absolute Gasteiger partial charge is 0.475 e. The Kier molecular flexibility index (Phi) is 4.01. The highest BCUT2D eigenvalue weighted by atomic mass is 16.5. The zero-order chi connectivity index (χ0) is 18.9. The van der Waals surface area contributed by atoms with Gasteiger partial charge in [0.25, 0.3) is 5.91 Å². The van der Waals surface area contributed by atoms with Crippen molar-refractivity contribution in [2.45, 2.75) is 6.54 Å². The summed E-state index contributed by atoms with van der Waals surface area (Å²) in [6, 6.07) is 19.5. The zero-order valence-corrected chi connectivity index (χ0v) is 15.0. The maximum Gasteiger partial charge on any atom is 0.261 e. The Bertz CT molecular complexity index is 1120. The molecule has 0 saturated carbocycles. The van der Waals surface area contributed by atoms with Crippen LogP contribution in [0.1, 0.15) is 15.9 Å². The van der Waals surface area contributed by atoms with Gasteiger partial charge in [0.05, 0.1) is 6.54 Å². The molecule has 0 spiro atoms. The van der Waals surface area contributed by atoms with Crippen LogP contribution in [0.25, 0.3) is 22.6 Å². The smallest absolute Gasteiger partial charge is 0.261 e. The third-order valence-corrected chi connectivity index (χ3v) is 4.73. The second-order valence-corrected chi connectivity index (χ2v) is 6.62. The fourth-order valence-corrected chi connectivity index (χ4v) is 3.31. The van der Waals surface area contributed by atoms with Gasteiger partial charge in [-0.3, -0.25) is 4.79 Å². The number of furan rings is 1. The highest BCUT2D eigenvalue weighted by molar-refractivity contribution is 5.96. The fourth-order valence-electron chi connectivity index (χ4n) is 3.31. The maximum absolute atomic E-state index is 13.0. The minimum absolute atomic E-state index is 0.132. The minimum atomic E-state index is -0.132. The van der Waals surface area contributed by atoms with E-state index in [-0.39, 0.29) is 5.91 Å². The van der Waals surface area contributed by atoms with Gasteiger partial charge in [-0.25, -0.2) is 4.98 Å². The van der Waals surface area contributed by atoms with Crippen LogP contribution in [0.5, 0.6) is 5.88 Å². The molecule has 0 unspecified atom stereocenters. The van der Waals surface area contributed by atoms with Crippen molar-refractivity contribution in [1.82, 2.24) is 14.9 Å². The Balaban J connectivity index is 1.46. The van der Waals surface area contributed by atoms with Gasteiger partial charge in [-0.15, -0.1) is 0 Å². The molecule has 0 N–H and O–H groups in total. The molecule has 0 radical (unpaired) electrons. The number of fused-ring (bicyclic) bond motifs is 2. The topological polar surface area (TPSA) is 68.5 Å². The molecule has 6 heteroatoms. The van der Waals surface area contributed by atoms with Gasteiger partial charge >= 0.3 is 0 Å². The van der Waals surface area contributed by atoms with Gasteiger partial charge in [0, 0.05) is 18.1 Å². The summed E-state index contributed by atoms with van der Waals surface area (Å²) >= 11 is 0. The summed E-state index contributed by atoms with van der Waals surface area (Å²) in [5.41, 5.74) is 2.20. The first-order valence-corrected chi connectivity index (χ1v) is 9.10. The highest BCUT2D eigenvalue weighted by Gasteiger charge is 2.26. The second kappa shape index (κ2) is 6.81. The zero-order valence-electron chi connectivity index (χ0n) is 15.0.